The molecule has 0 spiro atoms. The van der Waals surface area contributed by atoms with Crippen LogP contribution in [0, 0.1) is 5.82 Å². The van der Waals surface area contributed by atoms with Crippen LogP contribution < -0.4 is 9.57 Å². The van der Waals surface area contributed by atoms with Gasteiger partial charge in [0.1, 0.15) is 13.5 Å². The summed E-state index contributed by atoms with van der Waals surface area (Å²) in [6.07, 6.45) is 1.34. The highest BCUT2D eigenvalue weighted by Crippen LogP contribution is 2.11. The number of pyridine rings is 1. The summed E-state index contributed by atoms with van der Waals surface area (Å²) in [6.45, 7) is 0. The molecule has 15 heavy (non-hydrogen) atoms. The van der Waals surface area contributed by atoms with Crippen LogP contribution in [0.4, 0.5) is 4.39 Å². The summed E-state index contributed by atoms with van der Waals surface area (Å²) in [6, 6.07) is 1.26. The van der Waals surface area contributed by atoms with E-state index >= 15 is 0 Å². The van der Waals surface area contributed by atoms with E-state index in [1.54, 1.807) is 0 Å². The third-order valence-corrected chi connectivity index (χ3v) is 2.22. The Bertz CT molecular complexity index is 384. The Balaban J connectivity index is 3.09. The van der Waals surface area contributed by atoms with Gasteiger partial charge in [-0.1, -0.05) is 0 Å². The van der Waals surface area contributed by atoms with Crippen molar-refractivity contribution in [2.75, 3.05) is 14.2 Å². The highest BCUT2D eigenvalue weighted by molar-refractivity contribution is 9.10. The molecule has 0 atom stereocenters. The largest absolute Gasteiger partial charge is 0.469 e. The first-order chi connectivity index (χ1) is 7.08. The number of methoxy groups -OCH3 is 1. The average molecular weight is 279 g/mol. The zero-order valence-corrected chi connectivity index (χ0v) is 9.88. The first kappa shape index (κ1) is 11.9. The lowest BCUT2D eigenvalue weighted by molar-refractivity contribution is -0.891. The fraction of sp³-hybridized carbons (Fsp3) is 0.333. The SMILES string of the molecule is COC(=O)Cc1c(F)cc(Br)c[n+]1OC. The molecule has 0 aliphatic carbocycles. The smallest absolute Gasteiger partial charge is 0.316 e. The van der Waals surface area contributed by atoms with E-state index in [-0.39, 0.29) is 12.1 Å². The molecule has 0 amide bonds. The van der Waals surface area contributed by atoms with Gasteiger partial charge in [0.25, 0.3) is 5.69 Å². The van der Waals surface area contributed by atoms with Gasteiger partial charge in [0.05, 0.1) is 11.6 Å². The van der Waals surface area contributed by atoms with E-state index < -0.39 is 11.8 Å². The Morgan fingerprint density at radius 3 is 2.80 bits per heavy atom. The number of halogens is 2. The van der Waals surface area contributed by atoms with Crippen LogP contribution in [0.25, 0.3) is 0 Å². The Labute approximate surface area is 94.7 Å². The zero-order chi connectivity index (χ0) is 11.4. The molecule has 0 N–H and O–H groups in total. The van der Waals surface area contributed by atoms with Crippen molar-refractivity contribution in [1.29, 1.82) is 0 Å². The number of nitrogens with zero attached hydrogens (tertiary/aromatic N) is 1. The second-order valence-electron chi connectivity index (χ2n) is 2.71. The Kier molecular flexibility index (Phi) is 4.02. The molecule has 0 saturated heterocycles. The van der Waals surface area contributed by atoms with Gasteiger partial charge in [-0.3, -0.25) is 9.63 Å². The second kappa shape index (κ2) is 5.06. The van der Waals surface area contributed by atoms with Gasteiger partial charge in [0.2, 0.25) is 6.20 Å². The van der Waals surface area contributed by atoms with E-state index in [0.29, 0.717) is 4.47 Å². The minimum atomic E-state index is -0.531. The maximum Gasteiger partial charge on any atom is 0.316 e. The first-order valence-electron chi connectivity index (χ1n) is 4.09. The summed E-state index contributed by atoms with van der Waals surface area (Å²) in [7, 11) is 2.63. The third kappa shape index (κ3) is 2.89. The highest BCUT2D eigenvalue weighted by Gasteiger charge is 2.23. The molecule has 1 rings (SSSR count). The Morgan fingerprint density at radius 1 is 1.60 bits per heavy atom. The number of ether oxygens (including phenoxy) is 1. The molecule has 0 unspecified atom stereocenters. The number of carbonyl (C=O) groups excluding carboxylic acids is 1. The molecular weight excluding hydrogens is 269 g/mol. The van der Waals surface area contributed by atoms with E-state index in [4.69, 9.17) is 4.84 Å². The third-order valence-electron chi connectivity index (χ3n) is 1.78. The quantitative estimate of drug-likeness (QED) is 0.602. The van der Waals surface area contributed by atoms with Crippen LogP contribution >= 0.6 is 15.9 Å². The van der Waals surface area contributed by atoms with Crippen molar-refractivity contribution in [3.05, 3.63) is 28.2 Å². The predicted molar refractivity (Wildman–Crippen MR) is 52.5 cm³/mol. The molecule has 0 bridgehead atoms. The number of aromatic nitrogens is 1. The zero-order valence-electron chi connectivity index (χ0n) is 8.29. The van der Waals surface area contributed by atoms with E-state index in [1.165, 1.54) is 31.2 Å². The monoisotopic (exact) mass is 278 g/mol. The summed E-state index contributed by atoms with van der Waals surface area (Å²) < 4.78 is 19.6. The lowest BCUT2D eigenvalue weighted by atomic mass is 10.2. The molecule has 1 aromatic heterocycles. The van der Waals surface area contributed by atoms with Crippen LogP contribution in [0.1, 0.15) is 5.69 Å². The molecule has 0 saturated carbocycles. The number of hydrogen-bond donors (Lipinski definition) is 0. The fourth-order valence-corrected chi connectivity index (χ4v) is 1.46. The standard InChI is InChI=1S/C9H10BrFNO3/c1-14-9(13)4-8-7(11)3-6(10)5-12(8)15-2/h3,5H,4H2,1-2H3/q+1. The molecule has 0 radical (unpaired) electrons. The molecule has 0 fully saturated rings. The minimum absolute atomic E-state index is 0.118. The lowest BCUT2D eigenvalue weighted by Gasteiger charge is -2.01. The number of hydrogen-bond acceptors (Lipinski definition) is 3. The van der Waals surface area contributed by atoms with Gasteiger partial charge in [0, 0.05) is 10.8 Å². The van der Waals surface area contributed by atoms with Crippen molar-refractivity contribution >= 4 is 21.9 Å². The molecule has 6 heteroatoms. The van der Waals surface area contributed by atoms with Crippen molar-refractivity contribution in [2.24, 2.45) is 0 Å². The maximum atomic E-state index is 13.5. The molecule has 0 aliphatic rings. The minimum Gasteiger partial charge on any atom is -0.469 e. The average Bonchev–Trinajstić information content (AvgIpc) is 2.21. The van der Waals surface area contributed by atoms with Crippen LogP contribution in [0.3, 0.4) is 0 Å². The van der Waals surface area contributed by atoms with Gasteiger partial charge in [-0.2, -0.15) is 4.39 Å². The topological polar surface area (TPSA) is 39.4 Å². The van der Waals surface area contributed by atoms with E-state index in [0.717, 1.165) is 0 Å². The van der Waals surface area contributed by atoms with Crippen LogP contribution in [0.2, 0.25) is 0 Å². The van der Waals surface area contributed by atoms with Crippen molar-refractivity contribution in [3.63, 3.8) is 0 Å². The summed E-state index contributed by atoms with van der Waals surface area (Å²) in [4.78, 5) is 15.9. The maximum absolute atomic E-state index is 13.5. The molecular formula is C9H10BrFNO3+. The molecule has 82 valence electrons. The predicted octanol–water partition coefficient (Wildman–Crippen LogP) is 0.650. The van der Waals surface area contributed by atoms with E-state index in [1.807, 2.05) is 0 Å². The Hall–Kier alpha value is -1.17. The van der Waals surface area contributed by atoms with Crippen molar-refractivity contribution in [3.8, 4) is 0 Å². The normalized spacial score (nSPS) is 9.87. The summed E-state index contributed by atoms with van der Waals surface area (Å²) in [5.74, 6) is -1.06. The van der Waals surface area contributed by atoms with Gasteiger partial charge in [0.15, 0.2) is 5.82 Å². The molecule has 1 aromatic rings. The van der Waals surface area contributed by atoms with Crippen LogP contribution in [0.15, 0.2) is 16.7 Å². The fourth-order valence-electron chi connectivity index (χ4n) is 1.07. The van der Waals surface area contributed by atoms with Crippen LogP contribution in [-0.2, 0) is 16.0 Å². The number of carbonyl (C=O) groups is 1. The van der Waals surface area contributed by atoms with Crippen LogP contribution in [-0.4, -0.2) is 20.2 Å². The van der Waals surface area contributed by atoms with Gasteiger partial charge < -0.3 is 4.74 Å². The van der Waals surface area contributed by atoms with Crippen LogP contribution in [0.5, 0.6) is 0 Å². The summed E-state index contributed by atoms with van der Waals surface area (Å²) >= 11 is 3.11. The lowest BCUT2D eigenvalue weighted by Crippen LogP contribution is -2.46. The molecule has 1 heterocycles. The highest BCUT2D eigenvalue weighted by atomic mass is 79.9. The van der Waals surface area contributed by atoms with E-state index in [9.17, 15) is 9.18 Å². The van der Waals surface area contributed by atoms with Gasteiger partial charge in [-0.25, -0.2) is 0 Å². The summed E-state index contributed by atoms with van der Waals surface area (Å²) in [5, 5.41) is 0. The molecule has 4 nitrogen and oxygen atoms in total. The summed E-state index contributed by atoms with van der Waals surface area (Å²) in [5.41, 5.74) is 0.118. The Morgan fingerprint density at radius 2 is 2.27 bits per heavy atom. The first-order valence-corrected chi connectivity index (χ1v) is 4.88. The molecule has 0 aromatic carbocycles. The van der Waals surface area contributed by atoms with Crippen molar-refractivity contribution in [2.45, 2.75) is 6.42 Å². The van der Waals surface area contributed by atoms with Crippen molar-refractivity contribution < 1.29 is 23.5 Å². The van der Waals surface area contributed by atoms with E-state index in [2.05, 4.69) is 20.7 Å². The second-order valence-corrected chi connectivity index (χ2v) is 3.63. The number of rotatable bonds is 3. The van der Waals surface area contributed by atoms with Gasteiger partial charge in [-0.15, -0.1) is 0 Å². The number of esters is 1. The van der Waals surface area contributed by atoms with Gasteiger partial charge >= 0.3 is 5.97 Å². The molecule has 0 aliphatic heterocycles. The van der Waals surface area contributed by atoms with Crippen molar-refractivity contribution in [1.82, 2.24) is 0 Å². The van der Waals surface area contributed by atoms with Gasteiger partial charge in [-0.05, 0) is 15.9 Å².